The van der Waals surface area contributed by atoms with Crippen molar-refractivity contribution in [2.45, 2.75) is 25.3 Å². The number of methoxy groups -OCH3 is 1. The number of ether oxygens (including phenoxy) is 1. The first-order chi connectivity index (χ1) is 12.1. The molecule has 8 heteroatoms. The summed E-state index contributed by atoms with van der Waals surface area (Å²) in [7, 11) is 1.61. The first-order valence-electron chi connectivity index (χ1n) is 8.63. The van der Waals surface area contributed by atoms with Crippen LogP contribution in [0.2, 0.25) is 5.02 Å². The van der Waals surface area contributed by atoms with Gasteiger partial charge in [-0.2, -0.15) is 0 Å². The fourth-order valence-corrected chi connectivity index (χ4v) is 3.75. The van der Waals surface area contributed by atoms with Crippen molar-refractivity contribution in [3.63, 3.8) is 0 Å². The van der Waals surface area contributed by atoms with Crippen molar-refractivity contribution in [3.05, 3.63) is 29.3 Å². The summed E-state index contributed by atoms with van der Waals surface area (Å²) in [6.45, 7) is 2.53. The lowest BCUT2D eigenvalue weighted by molar-refractivity contribution is -0.138. The average Bonchev–Trinajstić information content (AvgIpc) is 2.97. The van der Waals surface area contributed by atoms with E-state index in [-0.39, 0.29) is 24.2 Å². The number of carbonyl (C=O) groups is 2. The fourth-order valence-electron chi connectivity index (χ4n) is 3.62. The van der Waals surface area contributed by atoms with Crippen molar-refractivity contribution in [2.75, 3.05) is 38.3 Å². The van der Waals surface area contributed by atoms with Gasteiger partial charge in [0.1, 0.15) is 6.04 Å². The number of amides is 2. The molecule has 2 N–H and O–H groups in total. The standard InChI is InChI=1S/C18H24ClN3O3.ClH/c1-25-12-18(7-9-20-10-8-18)17(24)21-15-6-11-22(16(15)23)14-4-2-13(19)3-5-14;/h2-5,15,20H,6-12H2,1H3,(H,21,24);1H. The maximum absolute atomic E-state index is 12.9. The molecule has 6 nitrogen and oxygen atoms in total. The number of halogens is 2. The van der Waals surface area contributed by atoms with Crippen molar-refractivity contribution in [3.8, 4) is 0 Å². The van der Waals surface area contributed by atoms with Crippen LogP contribution in [0.1, 0.15) is 19.3 Å². The molecule has 2 fully saturated rings. The van der Waals surface area contributed by atoms with Gasteiger partial charge in [-0.05, 0) is 56.6 Å². The fraction of sp³-hybridized carbons (Fsp3) is 0.556. The molecule has 1 atom stereocenters. The monoisotopic (exact) mass is 401 g/mol. The number of anilines is 1. The number of benzene rings is 1. The van der Waals surface area contributed by atoms with Crippen molar-refractivity contribution < 1.29 is 14.3 Å². The van der Waals surface area contributed by atoms with Crippen LogP contribution in [0.15, 0.2) is 24.3 Å². The average molecular weight is 402 g/mol. The topological polar surface area (TPSA) is 70.7 Å². The Bertz CT molecular complexity index is 628. The van der Waals surface area contributed by atoms with E-state index in [1.165, 1.54) is 0 Å². The number of rotatable bonds is 5. The summed E-state index contributed by atoms with van der Waals surface area (Å²) in [5, 5.41) is 6.87. The lowest BCUT2D eigenvalue weighted by Crippen LogP contribution is -2.53. The maximum atomic E-state index is 12.9. The lowest BCUT2D eigenvalue weighted by atomic mass is 9.78. The summed E-state index contributed by atoms with van der Waals surface area (Å²) in [4.78, 5) is 27.3. The first kappa shape index (κ1) is 21.0. The maximum Gasteiger partial charge on any atom is 0.249 e. The van der Waals surface area contributed by atoms with Crippen molar-refractivity contribution in [1.29, 1.82) is 0 Å². The quantitative estimate of drug-likeness (QED) is 0.791. The predicted octanol–water partition coefficient (Wildman–Crippen LogP) is 2.00. The normalized spacial score (nSPS) is 22.0. The highest BCUT2D eigenvalue weighted by Gasteiger charge is 2.43. The second-order valence-electron chi connectivity index (χ2n) is 6.74. The Balaban J connectivity index is 0.00000243. The van der Waals surface area contributed by atoms with Crippen LogP contribution in [0.25, 0.3) is 0 Å². The molecule has 0 saturated carbocycles. The van der Waals surface area contributed by atoms with Gasteiger partial charge < -0.3 is 20.3 Å². The Morgan fingerprint density at radius 2 is 2.00 bits per heavy atom. The molecular formula is C18H25Cl2N3O3. The van der Waals surface area contributed by atoms with Gasteiger partial charge in [0.25, 0.3) is 0 Å². The molecule has 3 rings (SSSR count). The third kappa shape index (κ3) is 4.31. The van der Waals surface area contributed by atoms with E-state index in [0.29, 0.717) is 37.4 Å². The highest BCUT2D eigenvalue weighted by Crippen LogP contribution is 2.30. The summed E-state index contributed by atoms with van der Waals surface area (Å²) in [5.41, 5.74) is 0.258. The molecule has 0 aromatic heterocycles. The summed E-state index contributed by atoms with van der Waals surface area (Å²) in [6.07, 6.45) is 2.04. The highest BCUT2D eigenvalue weighted by atomic mass is 35.5. The molecule has 1 unspecified atom stereocenters. The molecule has 2 aliphatic rings. The van der Waals surface area contributed by atoms with Crippen LogP contribution in [0.3, 0.4) is 0 Å². The molecule has 0 bridgehead atoms. The molecule has 144 valence electrons. The van der Waals surface area contributed by atoms with Crippen molar-refractivity contribution in [2.24, 2.45) is 5.41 Å². The van der Waals surface area contributed by atoms with Crippen molar-refractivity contribution in [1.82, 2.24) is 10.6 Å². The largest absolute Gasteiger partial charge is 0.384 e. The minimum Gasteiger partial charge on any atom is -0.384 e. The van der Waals surface area contributed by atoms with E-state index in [0.717, 1.165) is 18.8 Å². The lowest BCUT2D eigenvalue weighted by Gasteiger charge is -2.36. The predicted molar refractivity (Wildman–Crippen MR) is 104 cm³/mol. The van der Waals surface area contributed by atoms with Gasteiger partial charge in [0.05, 0.1) is 12.0 Å². The molecule has 2 amide bonds. The van der Waals surface area contributed by atoms with E-state index >= 15 is 0 Å². The van der Waals surface area contributed by atoms with Gasteiger partial charge in [-0.3, -0.25) is 9.59 Å². The highest BCUT2D eigenvalue weighted by molar-refractivity contribution is 6.30. The van der Waals surface area contributed by atoms with Gasteiger partial charge in [-0.1, -0.05) is 11.6 Å². The molecule has 1 aromatic carbocycles. The third-order valence-electron chi connectivity index (χ3n) is 5.11. The zero-order chi connectivity index (χ0) is 17.9. The van der Waals surface area contributed by atoms with Gasteiger partial charge in [0.2, 0.25) is 11.8 Å². The third-order valence-corrected chi connectivity index (χ3v) is 5.36. The van der Waals surface area contributed by atoms with Gasteiger partial charge in [-0.25, -0.2) is 0 Å². The van der Waals surface area contributed by atoms with Gasteiger partial charge in [0, 0.05) is 24.4 Å². The molecule has 0 radical (unpaired) electrons. The van der Waals surface area contributed by atoms with E-state index < -0.39 is 11.5 Å². The van der Waals surface area contributed by atoms with E-state index in [1.807, 2.05) is 12.1 Å². The summed E-state index contributed by atoms with van der Waals surface area (Å²) in [5.74, 6) is -0.149. The summed E-state index contributed by atoms with van der Waals surface area (Å²) < 4.78 is 5.30. The van der Waals surface area contributed by atoms with Crippen LogP contribution in [0.5, 0.6) is 0 Å². The SMILES string of the molecule is COCC1(C(=O)NC2CCN(c3ccc(Cl)cc3)C2=O)CCNCC1.Cl. The smallest absolute Gasteiger partial charge is 0.249 e. The molecule has 26 heavy (non-hydrogen) atoms. The van der Waals surface area contributed by atoms with Crippen LogP contribution >= 0.6 is 24.0 Å². The van der Waals surface area contributed by atoms with Crippen LogP contribution in [0, 0.1) is 5.41 Å². The van der Waals surface area contributed by atoms with Crippen LogP contribution < -0.4 is 15.5 Å². The van der Waals surface area contributed by atoms with Crippen LogP contribution in [0.4, 0.5) is 5.69 Å². The Morgan fingerprint density at radius 1 is 1.35 bits per heavy atom. The zero-order valence-corrected chi connectivity index (χ0v) is 16.4. The Labute approximate surface area is 165 Å². The van der Waals surface area contributed by atoms with Crippen molar-refractivity contribution >= 4 is 41.5 Å². The molecule has 1 aromatic rings. The number of hydrogen-bond acceptors (Lipinski definition) is 4. The van der Waals surface area contributed by atoms with Gasteiger partial charge in [0.15, 0.2) is 0 Å². The number of piperidine rings is 1. The van der Waals surface area contributed by atoms with Crippen LogP contribution in [-0.4, -0.2) is 51.2 Å². The minimum absolute atomic E-state index is 0. The molecule has 2 heterocycles. The molecule has 0 spiro atoms. The second-order valence-corrected chi connectivity index (χ2v) is 7.18. The minimum atomic E-state index is -0.548. The Morgan fingerprint density at radius 3 is 2.62 bits per heavy atom. The van der Waals surface area contributed by atoms with E-state index in [2.05, 4.69) is 10.6 Å². The number of hydrogen-bond donors (Lipinski definition) is 2. The molecule has 2 saturated heterocycles. The van der Waals surface area contributed by atoms with E-state index in [1.54, 1.807) is 24.1 Å². The van der Waals surface area contributed by atoms with E-state index in [4.69, 9.17) is 16.3 Å². The molecular weight excluding hydrogens is 377 g/mol. The number of carbonyl (C=O) groups excluding carboxylic acids is 2. The first-order valence-corrected chi connectivity index (χ1v) is 9.01. The number of nitrogens with zero attached hydrogens (tertiary/aromatic N) is 1. The van der Waals surface area contributed by atoms with Gasteiger partial charge >= 0.3 is 0 Å². The summed E-state index contributed by atoms with van der Waals surface area (Å²) >= 11 is 5.91. The molecule has 0 aliphatic carbocycles. The molecule has 2 aliphatic heterocycles. The zero-order valence-electron chi connectivity index (χ0n) is 14.8. The Kier molecular flexibility index (Phi) is 7.29. The second kappa shape index (κ2) is 9.04. The summed E-state index contributed by atoms with van der Waals surface area (Å²) in [6, 6.07) is 6.69. The van der Waals surface area contributed by atoms with Crippen LogP contribution in [-0.2, 0) is 14.3 Å². The number of nitrogens with one attached hydrogen (secondary N) is 2. The Hall–Kier alpha value is -1.34. The van der Waals surface area contributed by atoms with Gasteiger partial charge in [-0.15, -0.1) is 12.4 Å². The van der Waals surface area contributed by atoms with E-state index in [9.17, 15) is 9.59 Å².